The number of anilines is 1. The molecule has 26 heavy (non-hydrogen) atoms. The van der Waals surface area contributed by atoms with Gasteiger partial charge in [-0.05, 0) is 43.5 Å². The lowest BCUT2D eigenvalue weighted by atomic mass is 9.90. The average molecular weight is 383 g/mol. The van der Waals surface area contributed by atoms with Crippen molar-refractivity contribution in [3.8, 4) is 0 Å². The van der Waals surface area contributed by atoms with Crippen molar-refractivity contribution in [1.82, 2.24) is 10.7 Å². The number of amides is 3. The Labute approximate surface area is 160 Å². The number of rotatable bonds is 6. The van der Waals surface area contributed by atoms with E-state index in [0.717, 1.165) is 6.42 Å². The first-order chi connectivity index (χ1) is 11.7. The Hall–Kier alpha value is -2.12. The number of hydrazine groups is 1. The molecular weight excluding hydrogens is 356 g/mol. The van der Waals surface area contributed by atoms with Crippen LogP contribution < -0.4 is 21.5 Å². The van der Waals surface area contributed by atoms with E-state index in [0.29, 0.717) is 23.7 Å². The molecule has 0 aliphatic carbocycles. The van der Waals surface area contributed by atoms with Gasteiger partial charge in [0.15, 0.2) is 0 Å². The highest BCUT2D eigenvalue weighted by atomic mass is 35.5. The zero-order valence-electron chi connectivity index (χ0n) is 15.4. The van der Waals surface area contributed by atoms with Crippen LogP contribution in [0.4, 0.5) is 5.69 Å². The van der Waals surface area contributed by atoms with Crippen LogP contribution in [0, 0.1) is 5.92 Å². The summed E-state index contributed by atoms with van der Waals surface area (Å²) in [6.07, 6.45) is 1.16. The topological polar surface area (TPSA) is 105 Å². The van der Waals surface area contributed by atoms with E-state index in [9.17, 15) is 14.4 Å². The Balaban J connectivity index is 0.00000338. The van der Waals surface area contributed by atoms with Gasteiger partial charge in [-0.15, -0.1) is 12.4 Å². The van der Waals surface area contributed by atoms with E-state index in [1.54, 1.807) is 24.3 Å². The van der Waals surface area contributed by atoms with E-state index in [2.05, 4.69) is 24.6 Å². The fourth-order valence-electron chi connectivity index (χ4n) is 2.98. The second-order valence-electron chi connectivity index (χ2n) is 7.13. The molecule has 144 valence electrons. The number of carbonyl (C=O) groups excluding carboxylic acids is 3. The zero-order chi connectivity index (χ0) is 18.6. The molecule has 0 bridgehead atoms. The predicted octanol–water partition coefficient (Wildman–Crippen LogP) is 1.76. The summed E-state index contributed by atoms with van der Waals surface area (Å²) in [6, 6.07) is 6.54. The quantitative estimate of drug-likeness (QED) is 0.697. The van der Waals surface area contributed by atoms with Crippen molar-refractivity contribution in [1.29, 1.82) is 0 Å². The van der Waals surface area contributed by atoms with Crippen molar-refractivity contribution < 1.29 is 14.4 Å². The number of nitrogens with zero attached hydrogens (tertiary/aromatic N) is 1. The van der Waals surface area contributed by atoms with Crippen molar-refractivity contribution in [3.05, 3.63) is 29.8 Å². The normalized spacial score (nSPS) is 16.6. The maximum absolute atomic E-state index is 12.5. The van der Waals surface area contributed by atoms with Gasteiger partial charge in [-0.2, -0.15) is 0 Å². The minimum Gasteiger partial charge on any atom is -0.346 e. The highest BCUT2D eigenvalue weighted by Crippen LogP contribution is 2.19. The molecule has 0 radical (unpaired) electrons. The Morgan fingerprint density at radius 1 is 1.27 bits per heavy atom. The molecule has 1 heterocycles. The van der Waals surface area contributed by atoms with Crippen LogP contribution in [0.3, 0.4) is 0 Å². The van der Waals surface area contributed by atoms with Crippen LogP contribution in [-0.2, 0) is 9.59 Å². The Kier molecular flexibility index (Phi) is 7.59. The van der Waals surface area contributed by atoms with Gasteiger partial charge >= 0.3 is 0 Å². The third-order valence-corrected chi connectivity index (χ3v) is 4.16. The van der Waals surface area contributed by atoms with Gasteiger partial charge < -0.3 is 11.1 Å². The number of hydrogen-bond donors (Lipinski definition) is 3. The molecule has 0 aromatic heterocycles. The standard InChI is InChI=1S/C18H26N4O3.ClH/c1-12(2)10-18(3,11-19)20-17(25)13-4-6-14(7-5-13)22-16(24)9-8-15(23)21-22;/h4-7,12H,8-11,19H2,1-3H3,(H,20,25)(H,21,23);1H. The maximum atomic E-state index is 12.5. The van der Waals surface area contributed by atoms with Gasteiger partial charge in [-0.3, -0.25) is 19.8 Å². The van der Waals surface area contributed by atoms with Crippen molar-refractivity contribution in [2.24, 2.45) is 11.7 Å². The molecule has 1 aliphatic rings. The Bertz CT molecular complexity index is 663. The molecule has 1 aliphatic heterocycles. The van der Waals surface area contributed by atoms with Crippen molar-refractivity contribution in [2.75, 3.05) is 11.6 Å². The smallest absolute Gasteiger partial charge is 0.251 e. The Morgan fingerprint density at radius 2 is 1.88 bits per heavy atom. The van der Waals surface area contributed by atoms with Crippen LogP contribution in [0.5, 0.6) is 0 Å². The first-order valence-corrected chi connectivity index (χ1v) is 8.49. The average Bonchev–Trinajstić information content (AvgIpc) is 2.56. The number of benzene rings is 1. The second-order valence-corrected chi connectivity index (χ2v) is 7.13. The molecule has 0 spiro atoms. The van der Waals surface area contributed by atoms with Crippen LogP contribution in [0.25, 0.3) is 0 Å². The molecular formula is C18H27ClN4O3. The molecule has 1 unspecified atom stereocenters. The molecule has 2 rings (SSSR count). The van der Waals surface area contributed by atoms with Crippen LogP contribution in [0.1, 0.15) is 50.4 Å². The first-order valence-electron chi connectivity index (χ1n) is 8.49. The molecule has 1 saturated heterocycles. The minimum absolute atomic E-state index is 0. The van der Waals surface area contributed by atoms with Gasteiger partial charge in [-0.1, -0.05) is 13.8 Å². The van der Waals surface area contributed by atoms with Gasteiger partial charge in [0, 0.05) is 30.5 Å². The summed E-state index contributed by atoms with van der Waals surface area (Å²) < 4.78 is 0. The van der Waals surface area contributed by atoms with Gasteiger partial charge in [0.05, 0.1) is 5.69 Å². The van der Waals surface area contributed by atoms with Crippen LogP contribution >= 0.6 is 12.4 Å². The van der Waals surface area contributed by atoms with Gasteiger partial charge in [0.1, 0.15) is 0 Å². The van der Waals surface area contributed by atoms with E-state index in [4.69, 9.17) is 5.73 Å². The fraction of sp³-hybridized carbons (Fsp3) is 0.500. The molecule has 8 heteroatoms. The molecule has 3 amide bonds. The zero-order valence-corrected chi connectivity index (χ0v) is 16.2. The van der Waals surface area contributed by atoms with E-state index in [1.807, 2.05) is 6.92 Å². The summed E-state index contributed by atoms with van der Waals surface area (Å²) in [7, 11) is 0. The fourth-order valence-corrected chi connectivity index (χ4v) is 2.98. The molecule has 7 nitrogen and oxygen atoms in total. The summed E-state index contributed by atoms with van der Waals surface area (Å²) in [5.41, 5.74) is 8.89. The number of hydrogen-bond acceptors (Lipinski definition) is 4. The highest BCUT2D eigenvalue weighted by Gasteiger charge is 2.27. The first kappa shape index (κ1) is 21.9. The highest BCUT2D eigenvalue weighted by molar-refractivity contribution is 6.01. The van der Waals surface area contributed by atoms with Crippen molar-refractivity contribution in [3.63, 3.8) is 0 Å². The summed E-state index contributed by atoms with van der Waals surface area (Å²) in [6.45, 7) is 6.45. The summed E-state index contributed by atoms with van der Waals surface area (Å²) in [4.78, 5) is 35.9. The Morgan fingerprint density at radius 3 is 2.42 bits per heavy atom. The van der Waals surface area contributed by atoms with Crippen molar-refractivity contribution >= 4 is 35.8 Å². The van der Waals surface area contributed by atoms with Crippen LogP contribution in [0.15, 0.2) is 24.3 Å². The van der Waals surface area contributed by atoms with Crippen molar-refractivity contribution in [2.45, 2.75) is 45.6 Å². The number of carbonyl (C=O) groups is 3. The minimum atomic E-state index is -0.471. The monoisotopic (exact) mass is 382 g/mol. The van der Waals surface area contributed by atoms with Gasteiger partial charge in [0.2, 0.25) is 11.8 Å². The molecule has 1 aromatic rings. The summed E-state index contributed by atoms with van der Waals surface area (Å²) in [5.74, 6) is -0.183. The third-order valence-electron chi connectivity index (χ3n) is 4.16. The number of halogens is 1. The predicted molar refractivity (Wildman–Crippen MR) is 103 cm³/mol. The molecule has 4 N–H and O–H groups in total. The van der Waals surface area contributed by atoms with E-state index in [1.165, 1.54) is 5.01 Å². The summed E-state index contributed by atoms with van der Waals surface area (Å²) >= 11 is 0. The lowest BCUT2D eigenvalue weighted by Crippen LogP contribution is -2.52. The SMILES string of the molecule is CC(C)CC(C)(CN)NC(=O)c1ccc(N2NC(=O)CCC2=O)cc1.Cl. The largest absolute Gasteiger partial charge is 0.346 e. The summed E-state index contributed by atoms with van der Waals surface area (Å²) in [5, 5.41) is 4.21. The van der Waals surface area contributed by atoms with Crippen LogP contribution in [0.2, 0.25) is 0 Å². The van der Waals surface area contributed by atoms with Gasteiger partial charge in [0.25, 0.3) is 5.91 Å². The molecule has 1 aromatic carbocycles. The number of nitrogens with two attached hydrogens (primary N) is 1. The van der Waals surface area contributed by atoms with Gasteiger partial charge in [-0.25, -0.2) is 5.01 Å². The maximum Gasteiger partial charge on any atom is 0.251 e. The second kappa shape index (κ2) is 9.00. The molecule has 1 atom stereocenters. The third kappa shape index (κ3) is 5.44. The van der Waals surface area contributed by atoms with E-state index in [-0.39, 0.29) is 43.0 Å². The lowest BCUT2D eigenvalue weighted by molar-refractivity contribution is -0.130. The molecule has 0 saturated carbocycles. The number of nitrogens with one attached hydrogen (secondary N) is 2. The lowest BCUT2D eigenvalue weighted by Gasteiger charge is -2.31. The van der Waals surface area contributed by atoms with E-state index >= 15 is 0 Å². The molecule has 1 fully saturated rings. The van der Waals surface area contributed by atoms with E-state index < -0.39 is 5.54 Å². The van der Waals surface area contributed by atoms with Crippen LogP contribution in [-0.4, -0.2) is 29.8 Å².